The average molecular weight is 482 g/mol. The van der Waals surface area contributed by atoms with E-state index in [9.17, 15) is 13.2 Å². The second-order valence-electron chi connectivity index (χ2n) is 8.60. The van der Waals surface area contributed by atoms with Gasteiger partial charge >= 0.3 is 0 Å². The monoisotopic (exact) mass is 481 g/mol. The molecule has 0 bridgehead atoms. The zero-order chi connectivity index (χ0) is 23.9. The summed E-state index contributed by atoms with van der Waals surface area (Å²) in [6, 6.07) is 12.5. The fourth-order valence-electron chi connectivity index (χ4n) is 4.66. The molecule has 0 unspecified atom stereocenters. The van der Waals surface area contributed by atoms with E-state index in [4.69, 9.17) is 4.74 Å². The Kier molecular flexibility index (Phi) is 5.86. The lowest BCUT2D eigenvalue weighted by molar-refractivity contribution is 0.0979. The van der Waals surface area contributed by atoms with E-state index in [-0.39, 0.29) is 11.6 Å². The number of methoxy groups -OCH3 is 1. The van der Waals surface area contributed by atoms with Gasteiger partial charge in [0, 0.05) is 31.4 Å². The molecule has 0 atom stereocenters. The largest absolute Gasteiger partial charge is 0.497 e. The maximum atomic E-state index is 13.5. The van der Waals surface area contributed by atoms with Crippen LogP contribution in [-0.4, -0.2) is 60.4 Å². The summed E-state index contributed by atoms with van der Waals surface area (Å²) in [7, 11) is -1.91. The van der Waals surface area contributed by atoms with Crippen LogP contribution in [0, 0.1) is 6.92 Å². The Balaban J connectivity index is 1.45. The molecule has 2 aromatic carbocycles. The molecule has 5 rings (SSSR count). The normalized spacial score (nSPS) is 16.5. The van der Waals surface area contributed by atoms with Crippen LogP contribution in [-0.2, 0) is 16.4 Å². The van der Waals surface area contributed by atoms with Gasteiger partial charge in [-0.3, -0.25) is 4.79 Å². The van der Waals surface area contributed by atoms with E-state index >= 15 is 0 Å². The Bertz CT molecular complexity index is 1350. The molecule has 178 valence electrons. The lowest BCUT2D eigenvalue weighted by Gasteiger charge is -2.29. The number of rotatable bonds is 5. The quantitative estimate of drug-likeness (QED) is 0.556. The first-order chi connectivity index (χ1) is 16.4. The van der Waals surface area contributed by atoms with Crippen molar-refractivity contribution in [2.24, 2.45) is 0 Å². The number of hydrogen-bond acceptors (Lipinski definition) is 6. The number of anilines is 1. The Hall–Kier alpha value is -3.24. The predicted octanol–water partition coefficient (Wildman–Crippen LogP) is 2.96. The summed E-state index contributed by atoms with van der Waals surface area (Å²) in [6.07, 6.45) is 3.25. The first kappa shape index (κ1) is 22.5. The third-order valence-corrected chi connectivity index (χ3v) is 8.41. The minimum absolute atomic E-state index is 0.247. The van der Waals surface area contributed by atoms with Crippen LogP contribution in [0.15, 0.2) is 47.4 Å². The molecule has 34 heavy (non-hydrogen) atoms. The van der Waals surface area contributed by atoms with Crippen LogP contribution in [0.5, 0.6) is 5.75 Å². The van der Waals surface area contributed by atoms with Crippen molar-refractivity contribution in [3.8, 4) is 11.4 Å². The highest BCUT2D eigenvalue weighted by atomic mass is 32.2. The van der Waals surface area contributed by atoms with Crippen LogP contribution in [0.2, 0.25) is 0 Å². The van der Waals surface area contributed by atoms with E-state index in [1.54, 1.807) is 39.2 Å². The molecule has 0 saturated carbocycles. The molecule has 2 aliphatic heterocycles. The van der Waals surface area contributed by atoms with E-state index in [1.165, 1.54) is 0 Å². The molecule has 3 aromatic rings. The number of hydrogen-bond donors (Lipinski definition) is 0. The number of benzene rings is 2. The molecule has 1 amide bonds. The molecule has 10 heteroatoms. The van der Waals surface area contributed by atoms with E-state index in [0.717, 1.165) is 42.6 Å². The average Bonchev–Trinajstić information content (AvgIpc) is 3.53. The standard InChI is InChI=1S/C24H27N5O4S/c1-17-23(25-26-29(17)19-8-5-9-20(16-19)33-2)24(30)28-14-6-7-18-15-21(10-11-22(18)28)34(31,32)27-12-3-4-13-27/h5,8-11,15-16H,3-4,6-7,12-14H2,1-2H3. The van der Waals surface area contributed by atoms with Gasteiger partial charge in [-0.1, -0.05) is 11.3 Å². The Morgan fingerprint density at radius 3 is 2.59 bits per heavy atom. The first-order valence-electron chi connectivity index (χ1n) is 11.4. The Morgan fingerprint density at radius 1 is 1.03 bits per heavy atom. The van der Waals surface area contributed by atoms with Gasteiger partial charge in [-0.15, -0.1) is 5.10 Å². The van der Waals surface area contributed by atoms with E-state index < -0.39 is 10.0 Å². The van der Waals surface area contributed by atoms with E-state index in [0.29, 0.717) is 36.0 Å². The van der Waals surface area contributed by atoms with E-state index in [1.807, 2.05) is 31.2 Å². The minimum Gasteiger partial charge on any atom is -0.497 e. The highest BCUT2D eigenvalue weighted by Crippen LogP contribution is 2.32. The van der Waals surface area contributed by atoms with Crippen molar-refractivity contribution in [2.75, 3.05) is 31.6 Å². The van der Waals surface area contributed by atoms with Crippen LogP contribution >= 0.6 is 0 Å². The highest BCUT2D eigenvalue weighted by molar-refractivity contribution is 7.89. The third-order valence-electron chi connectivity index (χ3n) is 6.51. The summed E-state index contributed by atoms with van der Waals surface area (Å²) < 4.78 is 34.4. The van der Waals surface area contributed by atoms with Crippen molar-refractivity contribution < 1.29 is 17.9 Å². The van der Waals surface area contributed by atoms with Crippen LogP contribution < -0.4 is 9.64 Å². The fraction of sp³-hybridized carbons (Fsp3) is 0.375. The molecule has 0 spiro atoms. The van der Waals surface area contributed by atoms with Crippen molar-refractivity contribution >= 4 is 21.6 Å². The first-order valence-corrected chi connectivity index (χ1v) is 12.9. The third kappa shape index (κ3) is 3.86. The summed E-state index contributed by atoms with van der Waals surface area (Å²) in [5.74, 6) is 0.438. The van der Waals surface area contributed by atoms with Gasteiger partial charge in [0.25, 0.3) is 5.91 Å². The number of sulfonamides is 1. The second kappa shape index (κ2) is 8.84. The minimum atomic E-state index is -3.51. The van der Waals surface area contributed by atoms with Crippen LogP contribution in [0.4, 0.5) is 5.69 Å². The molecule has 1 fully saturated rings. The topological polar surface area (TPSA) is 97.6 Å². The SMILES string of the molecule is COc1cccc(-n2nnc(C(=O)N3CCCc4cc(S(=O)(=O)N5CCCC5)ccc43)c2C)c1. The number of nitrogens with zero attached hydrogens (tertiary/aromatic N) is 5. The fourth-order valence-corrected chi connectivity index (χ4v) is 6.23. The van der Waals surface area contributed by atoms with E-state index in [2.05, 4.69) is 10.3 Å². The number of ether oxygens (including phenoxy) is 1. The summed E-state index contributed by atoms with van der Waals surface area (Å²) in [4.78, 5) is 15.5. The van der Waals surface area contributed by atoms with Gasteiger partial charge in [0.1, 0.15) is 5.75 Å². The zero-order valence-corrected chi connectivity index (χ0v) is 20.1. The molecule has 3 heterocycles. The maximum absolute atomic E-state index is 13.5. The predicted molar refractivity (Wildman–Crippen MR) is 127 cm³/mol. The number of aryl methyl sites for hydroxylation is 1. The number of aromatic nitrogens is 3. The summed E-state index contributed by atoms with van der Waals surface area (Å²) in [5, 5.41) is 8.39. The van der Waals surface area contributed by atoms with Crippen molar-refractivity contribution in [1.82, 2.24) is 19.3 Å². The number of carbonyl (C=O) groups is 1. The summed E-state index contributed by atoms with van der Waals surface area (Å²) >= 11 is 0. The molecule has 2 aliphatic rings. The molecule has 1 saturated heterocycles. The maximum Gasteiger partial charge on any atom is 0.280 e. The molecule has 0 aliphatic carbocycles. The lowest BCUT2D eigenvalue weighted by atomic mass is 10.0. The van der Waals surface area contributed by atoms with Crippen molar-refractivity contribution in [3.63, 3.8) is 0 Å². The van der Waals surface area contributed by atoms with Crippen LogP contribution in [0.25, 0.3) is 5.69 Å². The number of amides is 1. The smallest absolute Gasteiger partial charge is 0.280 e. The van der Waals surface area contributed by atoms with Gasteiger partial charge in [0.05, 0.1) is 23.4 Å². The van der Waals surface area contributed by atoms with Gasteiger partial charge in [-0.25, -0.2) is 13.1 Å². The van der Waals surface area contributed by atoms with Crippen molar-refractivity contribution in [1.29, 1.82) is 0 Å². The van der Waals surface area contributed by atoms with Gasteiger partial charge in [0.2, 0.25) is 10.0 Å². The Morgan fingerprint density at radius 2 is 1.82 bits per heavy atom. The lowest BCUT2D eigenvalue weighted by Crippen LogP contribution is -2.36. The molecular formula is C24H27N5O4S. The summed E-state index contributed by atoms with van der Waals surface area (Å²) in [5.41, 5.74) is 3.23. The number of carbonyl (C=O) groups excluding carboxylic acids is 1. The molecule has 0 radical (unpaired) electrons. The zero-order valence-electron chi connectivity index (χ0n) is 19.3. The molecular weight excluding hydrogens is 454 g/mol. The van der Waals surface area contributed by atoms with Crippen LogP contribution in [0.1, 0.15) is 41.0 Å². The highest BCUT2D eigenvalue weighted by Gasteiger charge is 2.31. The number of fused-ring (bicyclic) bond motifs is 1. The van der Waals surface area contributed by atoms with Gasteiger partial charge < -0.3 is 9.64 Å². The Labute approximate surface area is 199 Å². The molecule has 1 aromatic heterocycles. The van der Waals surface area contributed by atoms with Crippen LogP contribution in [0.3, 0.4) is 0 Å². The molecule has 9 nitrogen and oxygen atoms in total. The van der Waals surface area contributed by atoms with Crippen molar-refractivity contribution in [3.05, 3.63) is 59.4 Å². The summed E-state index contributed by atoms with van der Waals surface area (Å²) in [6.45, 7) is 3.47. The van der Waals surface area contributed by atoms with Gasteiger partial charge in [-0.2, -0.15) is 4.31 Å². The second-order valence-corrected chi connectivity index (χ2v) is 10.5. The van der Waals surface area contributed by atoms with Gasteiger partial charge in [0.15, 0.2) is 5.69 Å². The molecule has 0 N–H and O–H groups in total. The van der Waals surface area contributed by atoms with Gasteiger partial charge in [-0.05, 0) is 68.5 Å². The van der Waals surface area contributed by atoms with Crippen molar-refractivity contribution in [2.45, 2.75) is 37.5 Å².